The molecule has 170 valence electrons. The van der Waals surface area contributed by atoms with Crippen molar-refractivity contribution >= 4 is 28.3 Å². The number of anilines is 1. The van der Waals surface area contributed by atoms with Gasteiger partial charge in [0, 0.05) is 25.8 Å². The van der Waals surface area contributed by atoms with Gasteiger partial charge in [-0.05, 0) is 54.8 Å². The number of methoxy groups -OCH3 is 1. The molecule has 0 fully saturated rings. The quantitative estimate of drug-likeness (QED) is 0.537. The lowest BCUT2D eigenvalue weighted by Crippen LogP contribution is -2.31. The Labute approximate surface area is 196 Å². The summed E-state index contributed by atoms with van der Waals surface area (Å²) in [7, 11) is 0.0651. The van der Waals surface area contributed by atoms with E-state index in [9.17, 15) is 13.8 Å². The average molecular weight is 463 g/mol. The highest BCUT2D eigenvalue weighted by molar-refractivity contribution is 7.85. The standard InChI is InChI=1S/C26H26N2O4S/c1-18-8-3-4-9-20(18)17-28-22-16-19(25(29)27-14-7-15-32-2)12-13-24(22)33(31)23-11-6-5-10-21(23)26(28)30/h3-6,8-13,16H,7,14-15,17H2,1-2H3,(H,27,29)/t33-/m1/s1. The van der Waals surface area contributed by atoms with E-state index in [4.69, 9.17) is 4.74 Å². The zero-order chi connectivity index (χ0) is 23.4. The molecular weight excluding hydrogens is 436 g/mol. The molecule has 0 spiro atoms. The number of amides is 2. The lowest BCUT2D eigenvalue weighted by molar-refractivity contribution is 0.0945. The minimum Gasteiger partial charge on any atom is -0.385 e. The molecule has 3 aromatic rings. The molecule has 1 heterocycles. The number of rotatable bonds is 7. The van der Waals surface area contributed by atoms with Crippen LogP contribution in [0.5, 0.6) is 0 Å². The molecule has 1 aliphatic rings. The van der Waals surface area contributed by atoms with Crippen LogP contribution in [-0.4, -0.2) is 36.3 Å². The minimum absolute atomic E-state index is 0.237. The summed E-state index contributed by atoms with van der Waals surface area (Å²) in [5.74, 6) is -0.483. The van der Waals surface area contributed by atoms with Gasteiger partial charge in [0.25, 0.3) is 11.8 Å². The number of ether oxygens (including phenoxy) is 1. The average Bonchev–Trinajstić information content (AvgIpc) is 2.92. The van der Waals surface area contributed by atoms with Gasteiger partial charge in [0.15, 0.2) is 0 Å². The number of carbonyl (C=O) groups excluding carboxylic acids is 2. The summed E-state index contributed by atoms with van der Waals surface area (Å²) >= 11 is 0. The summed E-state index contributed by atoms with van der Waals surface area (Å²) < 4.78 is 18.5. The lowest BCUT2D eigenvalue weighted by Gasteiger charge is -2.24. The Morgan fingerprint density at radius 3 is 2.58 bits per heavy atom. The van der Waals surface area contributed by atoms with Crippen LogP contribution in [0, 0.1) is 6.92 Å². The lowest BCUT2D eigenvalue weighted by atomic mass is 10.1. The fraction of sp³-hybridized carbons (Fsp3) is 0.231. The van der Waals surface area contributed by atoms with Gasteiger partial charge >= 0.3 is 0 Å². The van der Waals surface area contributed by atoms with E-state index in [2.05, 4.69) is 5.32 Å². The molecule has 33 heavy (non-hydrogen) atoms. The van der Waals surface area contributed by atoms with Gasteiger partial charge in [-0.3, -0.25) is 9.59 Å². The van der Waals surface area contributed by atoms with Crippen LogP contribution in [-0.2, 0) is 22.1 Å². The van der Waals surface area contributed by atoms with Crippen molar-refractivity contribution in [3.8, 4) is 0 Å². The molecule has 4 rings (SSSR count). The number of aryl methyl sites for hydroxylation is 1. The number of nitrogens with one attached hydrogen (secondary N) is 1. The van der Waals surface area contributed by atoms with E-state index in [0.29, 0.717) is 52.7 Å². The Balaban J connectivity index is 1.77. The fourth-order valence-electron chi connectivity index (χ4n) is 3.84. The third kappa shape index (κ3) is 4.74. The Morgan fingerprint density at radius 1 is 1.03 bits per heavy atom. The second-order valence-electron chi connectivity index (χ2n) is 7.87. The van der Waals surface area contributed by atoms with Crippen LogP contribution >= 0.6 is 0 Å². The van der Waals surface area contributed by atoms with Gasteiger partial charge in [-0.15, -0.1) is 0 Å². The third-order valence-electron chi connectivity index (χ3n) is 5.67. The van der Waals surface area contributed by atoms with E-state index in [1.54, 1.807) is 54.5 Å². The topological polar surface area (TPSA) is 75.7 Å². The summed E-state index contributed by atoms with van der Waals surface area (Å²) in [4.78, 5) is 29.0. The molecule has 1 atom stereocenters. The summed E-state index contributed by atoms with van der Waals surface area (Å²) in [6.45, 7) is 3.34. The van der Waals surface area contributed by atoms with Crippen LogP contribution < -0.4 is 10.2 Å². The number of hydrogen-bond donors (Lipinski definition) is 1. The van der Waals surface area contributed by atoms with Gasteiger partial charge in [0.2, 0.25) is 0 Å². The van der Waals surface area contributed by atoms with Crippen LogP contribution in [0.1, 0.15) is 38.3 Å². The number of hydrogen-bond acceptors (Lipinski definition) is 4. The molecule has 1 N–H and O–H groups in total. The Kier molecular flexibility index (Phi) is 7.01. The van der Waals surface area contributed by atoms with Crippen LogP contribution in [0.3, 0.4) is 0 Å². The van der Waals surface area contributed by atoms with E-state index in [0.717, 1.165) is 11.1 Å². The molecule has 1 aliphatic heterocycles. The van der Waals surface area contributed by atoms with Crippen molar-refractivity contribution in [2.45, 2.75) is 29.7 Å². The van der Waals surface area contributed by atoms with Crippen LogP contribution in [0.25, 0.3) is 0 Å². The number of fused-ring (bicyclic) bond motifs is 2. The highest BCUT2D eigenvalue weighted by Crippen LogP contribution is 2.36. The SMILES string of the molecule is COCCCNC(=O)c1ccc2c(c1)N(Cc1ccccc1C)C(=O)c1ccccc1[S@]2=O. The van der Waals surface area contributed by atoms with Crippen molar-refractivity contribution in [3.63, 3.8) is 0 Å². The maximum absolute atomic E-state index is 13.7. The summed E-state index contributed by atoms with van der Waals surface area (Å²) in [5, 5.41) is 2.87. The van der Waals surface area contributed by atoms with Crippen molar-refractivity contribution in [2.75, 3.05) is 25.2 Å². The molecule has 6 nitrogen and oxygen atoms in total. The van der Waals surface area contributed by atoms with E-state index >= 15 is 0 Å². The first-order chi connectivity index (χ1) is 16.0. The summed E-state index contributed by atoms with van der Waals surface area (Å²) in [6, 6.07) is 19.9. The van der Waals surface area contributed by atoms with E-state index in [-0.39, 0.29) is 11.8 Å². The molecule has 0 radical (unpaired) electrons. The van der Waals surface area contributed by atoms with Crippen molar-refractivity contribution < 1.29 is 18.5 Å². The number of benzene rings is 3. The molecular formula is C26H26N2O4S. The molecule has 3 aromatic carbocycles. The van der Waals surface area contributed by atoms with Gasteiger partial charge in [-0.25, -0.2) is 4.21 Å². The van der Waals surface area contributed by atoms with E-state index < -0.39 is 10.8 Å². The van der Waals surface area contributed by atoms with Crippen molar-refractivity contribution in [3.05, 3.63) is 89.0 Å². The molecule has 0 saturated heterocycles. The molecule has 7 heteroatoms. The Bertz CT molecular complexity index is 1220. The van der Waals surface area contributed by atoms with Gasteiger partial charge < -0.3 is 15.0 Å². The normalized spacial score (nSPS) is 14.9. The van der Waals surface area contributed by atoms with Crippen molar-refractivity contribution in [1.29, 1.82) is 0 Å². The zero-order valence-electron chi connectivity index (χ0n) is 18.7. The predicted molar refractivity (Wildman–Crippen MR) is 128 cm³/mol. The first-order valence-electron chi connectivity index (χ1n) is 10.8. The zero-order valence-corrected chi connectivity index (χ0v) is 19.5. The largest absolute Gasteiger partial charge is 0.385 e. The number of carbonyl (C=O) groups is 2. The fourth-order valence-corrected chi connectivity index (χ4v) is 5.18. The molecule has 2 amide bonds. The van der Waals surface area contributed by atoms with Gasteiger partial charge in [-0.2, -0.15) is 0 Å². The third-order valence-corrected chi connectivity index (χ3v) is 7.17. The molecule has 0 saturated carbocycles. The number of nitrogens with zero attached hydrogens (tertiary/aromatic N) is 1. The molecule has 0 aliphatic carbocycles. The van der Waals surface area contributed by atoms with Gasteiger partial charge in [0.05, 0.1) is 38.4 Å². The van der Waals surface area contributed by atoms with Crippen molar-refractivity contribution in [2.24, 2.45) is 0 Å². The summed E-state index contributed by atoms with van der Waals surface area (Å²) in [5.41, 5.74) is 3.35. The second kappa shape index (κ2) is 10.1. The molecule has 0 bridgehead atoms. The van der Waals surface area contributed by atoms with Gasteiger partial charge in [-0.1, -0.05) is 36.4 Å². The highest BCUT2D eigenvalue weighted by atomic mass is 32.2. The maximum Gasteiger partial charge on any atom is 0.259 e. The Hall–Kier alpha value is -3.29. The molecule has 0 unspecified atom stereocenters. The smallest absolute Gasteiger partial charge is 0.259 e. The van der Waals surface area contributed by atoms with Crippen LogP contribution in [0.2, 0.25) is 0 Å². The second-order valence-corrected chi connectivity index (χ2v) is 9.28. The molecule has 0 aromatic heterocycles. The van der Waals surface area contributed by atoms with Crippen LogP contribution in [0.4, 0.5) is 5.69 Å². The van der Waals surface area contributed by atoms with Crippen LogP contribution in [0.15, 0.2) is 76.5 Å². The van der Waals surface area contributed by atoms with Gasteiger partial charge in [0.1, 0.15) is 0 Å². The maximum atomic E-state index is 13.7. The monoisotopic (exact) mass is 462 g/mol. The van der Waals surface area contributed by atoms with Crippen molar-refractivity contribution in [1.82, 2.24) is 5.32 Å². The van der Waals surface area contributed by atoms with E-state index in [1.807, 2.05) is 31.2 Å². The minimum atomic E-state index is -1.55. The predicted octanol–water partition coefficient (Wildman–Crippen LogP) is 4.09. The summed E-state index contributed by atoms with van der Waals surface area (Å²) in [6.07, 6.45) is 0.699. The Morgan fingerprint density at radius 2 is 1.79 bits per heavy atom. The first-order valence-corrected chi connectivity index (χ1v) is 11.9. The highest BCUT2D eigenvalue weighted by Gasteiger charge is 2.31. The first kappa shape index (κ1) is 22.9. The van der Waals surface area contributed by atoms with E-state index in [1.165, 1.54) is 0 Å².